The third kappa shape index (κ3) is 3.92. The molecule has 6 nitrogen and oxygen atoms in total. The van der Waals surface area contributed by atoms with Crippen molar-refractivity contribution in [2.24, 2.45) is 0 Å². The fourth-order valence-electron chi connectivity index (χ4n) is 3.32. The minimum atomic E-state index is 0.281. The van der Waals surface area contributed by atoms with Crippen LogP contribution in [0.15, 0.2) is 12.3 Å². The van der Waals surface area contributed by atoms with Crippen LogP contribution in [0.25, 0.3) is 0 Å². The maximum atomic E-state index is 12.0. The average molecular weight is 317 g/mol. The number of piperazine rings is 1. The number of hydrogen-bond acceptors (Lipinski definition) is 5. The number of anilines is 2. The first kappa shape index (κ1) is 16.0. The Morgan fingerprint density at radius 2 is 1.78 bits per heavy atom. The zero-order valence-corrected chi connectivity index (χ0v) is 14.1. The highest BCUT2D eigenvalue weighted by Gasteiger charge is 2.22. The number of rotatable bonds is 4. The highest BCUT2D eigenvalue weighted by Crippen LogP contribution is 2.20. The minimum absolute atomic E-state index is 0.281. The summed E-state index contributed by atoms with van der Waals surface area (Å²) in [5.41, 5.74) is 0. The Morgan fingerprint density at radius 3 is 2.48 bits per heavy atom. The molecule has 0 aromatic carbocycles. The topological polar surface area (TPSA) is 52.6 Å². The molecule has 0 saturated carbocycles. The molecule has 2 saturated heterocycles. The van der Waals surface area contributed by atoms with Gasteiger partial charge in [0, 0.05) is 51.9 Å². The lowest BCUT2D eigenvalue weighted by molar-refractivity contribution is -0.131. The van der Waals surface area contributed by atoms with Gasteiger partial charge in [0.25, 0.3) is 0 Å². The van der Waals surface area contributed by atoms with Gasteiger partial charge in [0.1, 0.15) is 5.82 Å². The molecule has 6 heteroatoms. The second-order valence-electron chi connectivity index (χ2n) is 6.38. The van der Waals surface area contributed by atoms with Crippen LogP contribution in [-0.2, 0) is 4.79 Å². The Morgan fingerprint density at radius 1 is 1.04 bits per heavy atom. The van der Waals surface area contributed by atoms with E-state index in [0.717, 1.165) is 57.5 Å². The van der Waals surface area contributed by atoms with E-state index in [0.29, 0.717) is 6.42 Å². The molecule has 3 rings (SSSR count). The molecule has 3 heterocycles. The van der Waals surface area contributed by atoms with Gasteiger partial charge in [-0.25, -0.2) is 4.98 Å². The summed E-state index contributed by atoms with van der Waals surface area (Å²) >= 11 is 0. The summed E-state index contributed by atoms with van der Waals surface area (Å²) in [5.74, 6) is 2.12. The summed E-state index contributed by atoms with van der Waals surface area (Å²) in [6.45, 7) is 7.46. The van der Waals surface area contributed by atoms with E-state index in [2.05, 4.69) is 21.7 Å². The normalized spacial score (nSPS) is 19.1. The third-order valence-corrected chi connectivity index (χ3v) is 4.69. The van der Waals surface area contributed by atoms with Gasteiger partial charge in [-0.05, 0) is 31.7 Å². The Hall–Kier alpha value is -1.85. The summed E-state index contributed by atoms with van der Waals surface area (Å²) in [5, 5.41) is 0. The van der Waals surface area contributed by atoms with Gasteiger partial charge in [0.15, 0.2) is 0 Å². The summed E-state index contributed by atoms with van der Waals surface area (Å²) in [6.07, 6.45) is 7.21. The summed E-state index contributed by atoms with van der Waals surface area (Å²) in [4.78, 5) is 27.7. The number of amides is 1. The second-order valence-corrected chi connectivity index (χ2v) is 6.38. The second kappa shape index (κ2) is 7.62. The van der Waals surface area contributed by atoms with E-state index in [1.165, 1.54) is 19.3 Å². The molecule has 0 unspecified atom stereocenters. The predicted octanol–water partition coefficient (Wildman–Crippen LogP) is 1.92. The molecule has 0 spiro atoms. The molecule has 2 fully saturated rings. The van der Waals surface area contributed by atoms with Crippen LogP contribution in [0.1, 0.15) is 39.0 Å². The van der Waals surface area contributed by atoms with Gasteiger partial charge in [-0.3, -0.25) is 4.79 Å². The fraction of sp³-hybridized carbons (Fsp3) is 0.706. The molecule has 2 aliphatic rings. The van der Waals surface area contributed by atoms with E-state index in [9.17, 15) is 4.79 Å². The molecule has 1 amide bonds. The first-order chi connectivity index (χ1) is 11.3. The van der Waals surface area contributed by atoms with E-state index in [1.807, 2.05) is 17.2 Å². The van der Waals surface area contributed by atoms with Gasteiger partial charge in [-0.15, -0.1) is 0 Å². The molecular weight excluding hydrogens is 290 g/mol. The first-order valence-corrected chi connectivity index (χ1v) is 8.88. The molecule has 0 radical (unpaired) electrons. The van der Waals surface area contributed by atoms with Crippen LogP contribution < -0.4 is 9.80 Å². The van der Waals surface area contributed by atoms with Crippen molar-refractivity contribution in [3.05, 3.63) is 12.3 Å². The highest BCUT2D eigenvalue weighted by molar-refractivity contribution is 5.76. The zero-order chi connectivity index (χ0) is 16.1. The van der Waals surface area contributed by atoms with Crippen molar-refractivity contribution in [3.63, 3.8) is 0 Å². The Bertz CT molecular complexity index is 521. The van der Waals surface area contributed by atoms with E-state index >= 15 is 0 Å². The molecule has 0 bridgehead atoms. The van der Waals surface area contributed by atoms with Crippen LogP contribution in [0.5, 0.6) is 0 Å². The summed E-state index contributed by atoms with van der Waals surface area (Å²) in [7, 11) is 0. The number of carbonyl (C=O) groups excluding carboxylic acids is 1. The number of aromatic nitrogens is 2. The SMILES string of the molecule is CCCC(=O)N1CCN(c2ccnc(N3CCCCC3)n2)CC1. The van der Waals surface area contributed by atoms with Crippen molar-refractivity contribution >= 4 is 17.7 Å². The smallest absolute Gasteiger partial charge is 0.227 e. The molecular formula is C17H27N5O. The molecule has 126 valence electrons. The van der Waals surface area contributed by atoms with Crippen LogP contribution in [0, 0.1) is 0 Å². The Kier molecular flexibility index (Phi) is 5.31. The number of nitrogens with zero attached hydrogens (tertiary/aromatic N) is 5. The maximum absolute atomic E-state index is 12.0. The van der Waals surface area contributed by atoms with Gasteiger partial charge in [-0.1, -0.05) is 6.92 Å². The number of carbonyl (C=O) groups is 1. The van der Waals surface area contributed by atoms with Gasteiger partial charge in [0.05, 0.1) is 0 Å². The van der Waals surface area contributed by atoms with Crippen molar-refractivity contribution in [1.29, 1.82) is 0 Å². The predicted molar refractivity (Wildman–Crippen MR) is 91.8 cm³/mol. The lowest BCUT2D eigenvalue weighted by Crippen LogP contribution is -2.49. The van der Waals surface area contributed by atoms with Crippen LogP contribution in [0.4, 0.5) is 11.8 Å². The van der Waals surface area contributed by atoms with Crippen molar-refractivity contribution < 1.29 is 4.79 Å². The lowest BCUT2D eigenvalue weighted by atomic mass is 10.1. The zero-order valence-electron chi connectivity index (χ0n) is 14.1. The number of hydrogen-bond donors (Lipinski definition) is 0. The van der Waals surface area contributed by atoms with Gasteiger partial charge in [0.2, 0.25) is 11.9 Å². The van der Waals surface area contributed by atoms with Crippen molar-refractivity contribution in [2.45, 2.75) is 39.0 Å². The average Bonchev–Trinajstić information content (AvgIpc) is 2.63. The lowest BCUT2D eigenvalue weighted by Gasteiger charge is -2.36. The van der Waals surface area contributed by atoms with Crippen LogP contribution in [0.3, 0.4) is 0 Å². The van der Waals surface area contributed by atoms with E-state index in [4.69, 9.17) is 4.98 Å². The van der Waals surface area contributed by atoms with E-state index in [-0.39, 0.29) is 5.91 Å². The van der Waals surface area contributed by atoms with Crippen LogP contribution in [0.2, 0.25) is 0 Å². The minimum Gasteiger partial charge on any atom is -0.353 e. The fourth-order valence-corrected chi connectivity index (χ4v) is 3.32. The highest BCUT2D eigenvalue weighted by atomic mass is 16.2. The molecule has 0 N–H and O–H groups in total. The molecule has 1 aromatic rings. The molecule has 1 aromatic heterocycles. The largest absolute Gasteiger partial charge is 0.353 e. The van der Waals surface area contributed by atoms with E-state index in [1.54, 1.807) is 0 Å². The first-order valence-electron chi connectivity index (χ1n) is 8.88. The van der Waals surface area contributed by atoms with Crippen LogP contribution >= 0.6 is 0 Å². The Balaban J connectivity index is 1.61. The molecule has 0 aliphatic carbocycles. The monoisotopic (exact) mass is 317 g/mol. The maximum Gasteiger partial charge on any atom is 0.227 e. The molecule has 0 atom stereocenters. The quantitative estimate of drug-likeness (QED) is 0.849. The summed E-state index contributed by atoms with van der Waals surface area (Å²) < 4.78 is 0. The van der Waals surface area contributed by atoms with Crippen molar-refractivity contribution in [1.82, 2.24) is 14.9 Å². The van der Waals surface area contributed by atoms with Crippen molar-refractivity contribution in [2.75, 3.05) is 49.1 Å². The standard InChI is InChI=1S/C17H27N5O/c1-2-6-16(23)21-13-11-20(12-14-21)15-7-8-18-17(19-15)22-9-4-3-5-10-22/h7-8H,2-6,9-14H2,1H3. The van der Waals surface area contributed by atoms with Crippen LogP contribution in [-0.4, -0.2) is 60.0 Å². The molecule has 23 heavy (non-hydrogen) atoms. The Labute approximate surface area is 138 Å². The van der Waals surface area contributed by atoms with Gasteiger partial charge in [-0.2, -0.15) is 4.98 Å². The van der Waals surface area contributed by atoms with Gasteiger partial charge < -0.3 is 14.7 Å². The summed E-state index contributed by atoms with van der Waals surface area (Å²) in [6, 6.07) is 1.98. The third-order valence-electron chi connectivity index (χ3n) is 4.69. The molecule has 2 aliphatic heterocycles. The van der Waals surface area contributed by atoms with E-state index < -0.39 is 0 Å². The van der Waals surface area contributed by atoms with Gasteiger partial charge >= 0.3 is 0 Å². The van der Waals surface area contributed by atoms with Crippen molar-refractivity contribution in [3.8, 4) is 0 Å². The number of piperidine rings is 1.